The predicted octanol–water partition coefficient (Wildman–Crippen LogP) is 3.45. The monoisotopic (exact) mass is 363 g/mol. The van der Waals surface area contributed by atoms with E-state index in [-0.39, 0.29) is 23.8 Å². The zero-order valence-electron chi connectivity index (χ0n) is 14.9. The number of nitrogen functional groups attached to an aromatic ring is 1. The van der Waals surface area contributed by atoms with Crippen molar-refractivity contribution >= 4 is 29.1 Å². The summed E-state index contributed by atoms with van der Waals surface area (Å²) >= 11 is 0. The molecule has 1 aliphatic heterocycles. The zero-order valence-corrected chi connectivity index (χ0v) is 14.9. The second-order valence-corrected chi connectivity index (χ2v) is 7.07. The third-order valence-electron chi connectivity index (χ3n) is 5.33. The van der Waals surface area contributed by atoms with E-state index in [0.717, 1.165) is 32.1 Å². The molecule has 0 saturated heterocycles. The van der Waals surface area contributed by atoms with Gasteiger partial charge >= 0.3 is 0 Å². The van der Waals surface area contributed by atoms with E-state index in [9.17, 15) is 14.4 Å². The second-order valence-electron chi connectivity index (χ2n) is 7.07. The molecule has 6 heteroatoms. The first kappa shape index (κ1) is 17.3. The minimum Gasteiger partial charge on any atom is -0.397 e. The van der Waals surface area contributed by atoms with Crippen LogP contribution in [0.2, 0.25) is 0 Å². The van der Waals surface area contributed by atoms with Crippen LogP contribution in [0.15, 0.2) is 42.5 Å². The van der Waals surface area contributed by atoms with Gasteiger partial charge in [0.2, 0.25) is 0 Å². The Morgan fingerprint density at radius 1 is 0.963 bits per heavy atom. The summed E-state index contributed by atoms with van der Waals surface area (Å²) in [4.78, 5) is 39.5. The number of hydrogen-bond donors (Lipinski definition) is 2. The Bertz CT molecular complexity index is 932. The van der Waals surface area contributed by atoms with E-state index in [1.165, 1.54) is 11.0 Å². The highest BCUT2D eigenvalue weighted by Gasteiger charge is 2.40. The summed E-state index contributed by atoms with van der Waals surface area (Å²) in [6.07, 6.45) is 4.92. The molecule has 3 amide bonds. The van der Waals surface area contributed by atoms with Gasteiger partial charge < -0.3 is 11.1 Å². The van der Waals surface area contributed by atoms with Crippen molar-refractivity contribution in [1.82, 2.24) is 4.90 Å². The van der Waals surface area contributed by atoms with Crippen molar-refractivity contribution in [3.8, 4) is 0 Å². The molecule has 0 atom stereocenters. The van der Waals surface area contributed by atoms with Crippen molar-refractivity contribution in [1.29, 1.82) is 0 Å². The highest BCUT2D eigenvalue weighted by molar-refractivity contribution is 6.22. The summed E-state index contributed by atoms with van der Waals surface area (Å²) in [6, 6.07) is 11.6. The van der Waals surface area contributed by atoms with Crippen LogP contribution in [0, 0.1) is 0 Å². The molecule has 4 rings (SSSR count). The summed E-state index contributed by atoms with van der Waals surface area (Å²) in [5, 5.41) is 2.74. The number of para-hydroxylation sites is 2. The largest absolute Gasteiger partial charge is 0.397 e. The molecule has 138 valence electrons. The Labute approximate surface area is 157 Å². The number of amides is 3. The van der Waals surface area contributed by atoms with Gasteiger partial charge in [-0.05, 0) is 43.2 Å². The number of anilines is 2. The van der Waals surface area contributed by atoms with E-state index in [1.54, 1.807) is 36.4 Å². The number of benzene rings is 2. The smallest absolute Gasteiger partial charge is 0.261 e. The van der Waals surface area contributed by atoms with Crippen molar-refractivity contribution in [2.45, 2.75) is 38.1 Å². The summed E-state index contributed by atoms with van der Waals surface area (Å²) in [5.74, 6) is -0.913. The minimum atomic E-state index is -0.368. The van der Waals surface area contributed by atoms with Crippen LogP contribution in [0.4, 0.5) is 11.4 Å². The maximum absolute atomic E-state index is 12.8. The van der Waals surface area contributed by atoms with Crippen LogP contribution >= 0.6 is 0 Å². The molecule has 1 aliphatic carbocycles. The van der Waals surface area contributed by atoms with E-state index < -0.39 is 0 Å². The van der Waals surface area contributed by atoms with E-state index >= 15 is 0 Å². The average molecular weight is 363 g/mol. The topological polar surface area (TPSA) is 92.5 Å². The molecule has 2 aromatic rings. The van der Waals surface area contributed by atoms with Gasteiger partial charge in [0.05, 0.1) is 22.5 Å². The number of hydrogen-bond acceptors (Lipinski definition) is 4. The Balaban J connectivity index is 1.59. The molecule has 2 aliphatic rings. The SMILES string of the molecule is Nc1ccccc1NC(=O)c1ccc2c(c1)C(=O)N(C1CCCCC1)C2=O. The first-order valence-corrected chi connectivity index (χ1v) is 9.24. The molecule has 3 N–H and O–H groups in total. The van der Waals surface area contributed by atoms with E-state index in [4.69, 9.17) is 5.73 Å². The Kier molecular flexibility index (Phi) is 4.39. The first-order chi connectivity index (χ1) is 13.1. The lowest BCUT2D eigenvalue weighted by molar-refractivity contribution is 0.0549. The van der Waals surface area contributed by atoms with Gasteiger partial charge in [-0.15, -0.1) is 0 Å². The van der Waals surface area contributed by atoms with Gasteiger partial charge in [0.15, 0.2) is 0 Å². The summed E-state index contributed by atoms with van der Waals surface area (Å²) in [6.45, 7) is 0. The molecule has 2 aromatic carbocycles. The summed E-state index contributed by atoms with van der Waals surface area (Å²) in [7, 11) is 0. The quantitative estimate of drug-likeness (QED) is 0.645. The molecule has 0 spiro atoms. The summed E-state index contributed by atoms with van der Waals surface area (Å²) in [5.41, 5.74) is 7.83. The molecule has 6 nitrogen and oxygen atoms in total. The van der Waals surface area contributed by atoms with Gasteiger partial charge in [0.1, 0.15) is 0 Å². The second kappa shape index (κ2) is 6.87. The highest BCUT2D eigenvalue weighted by Crippen LogP contribution is 2.31. The van der Waals surface area contributed by atoms with Crippen LogP contribution in [0.5, 0.6) is 0 Å². The lowest BCUT2D eigenvalue weighted by Gasteiger charge is -2.29. The zero-order chi connectivity index (χ0) is 19.0. The number of nitrogens with one attached hydrogen (secondary N) is 1. The molecule has 0 radical (unpaired) electrons. The number of fused-ring (bicyclic) bond motifs is 1. The standard InChI is InChI=1S/C21H21N3O3/c22-17-8-4-5-9-18(17)23-19(25)13-10-11-15-16(12-13)21(27)24(20(15)26)14-6-2-1-3-7-14/h4-5,8-12,14H,1-3,6-7,22H2,(H,23,25). The number of carbonyl (C=O) groups is 3. The number of rotatable bonds is 3. The fourth-order valence-electron chi connectivity index (χ4n) is 3.88. The van der Waals surface area contributed by atoms with Gasteiger partial charge in [-0.1, -0.05) is 31.4 Å². The van der Waals surface area contributed by atoms with Crippen molar-refractivity contribution < 1.29 is 14.4 Å². The third kappa shape index (κ3) is 3.07. The lowest BCUT2D eigenvalue weighted by Crippen LogP contribution is -2.40. The van der Waals surface area contributed by atoms with Crippen LogP contribution in [-0.2, 0) is 0 Å². The minimum absolute atomic E-state index is 0.0347. The number of carbonyl (C=O) groups excluding carboxylic acids is 3. The molecule has 1 fully saturated rings. The van der Waals surface area contributed by atoms with Crippen LogP contribution in [0.25, 0.3) is 0 Å². The number of nitrogens with zero attached hydrogens (tertiary/aromatic N) is 1. The van der Waals surface area contributed by atoms with E-state index in [2.05, 4.69) is 5.32 Å². The van der Waals surface area contributed by atoms with Gasteiger partial charge in [0.25, 0.3) is 17.7 Å². The normalized spacial score (nSPS) is 17.1. The molecule has 27 heavy (non-hydrogen) atoms. The lowest BCUT2D eigenvalue weighted by atomic mass is 9.94. The first-order valence-electron chi connectivity index (χ1n) is 9.24. The van der Waals surface area contributed by atoms with Gasteiger partial charge in [-0.2, -0.15) is 0 Å². The molecule has 0 bridgehead atoms. The van der Waals surface area contributed by atoms with Crippen LogP contribution in [0.1, 0.15) is 63.2 Å². The van der Waals surface area contributed by atoms with Gasteiger partial charge in [-0.25, -0.2) is 0 Å². The van der Waals surface area contributed by atoms with E-state index in [1.807, 2.05) is 0 Å². The molecule has 1 heterocycles. The Morgan fingerprint density at radius 2 is 1.67 bits per heavy atom. The molecular formula is C21H21N3O3. The molecule has 1 saturated carbocycles. The van der Waals surface area contributed by atoms with Gasteiger partial charge in [0, 0.05) is 11.6 Å². The average Bonchev–Trinajstić information content (AvgIpc) is 2.94. The van der Waals surface area contributed by atoms with Crippen molar-refractivity contribution in [2.75, 3.05) is 11.1 Å². The maximum Gasteiger partial charge on any atom is 0.261 e. The van der Waals surface area contributed by atoms with Crippen molar-refractivity contribution in [2.24, 2.45) is 0 Å². The third-order valence-corrected chi connectivity index (χ3v) is 5.33. The molecular weight excluding hydrogens is 342 g/mol. The van der Waals surface area contributed by atoms with Crippen molar-refractivity contribution in [3.63, 3.8) is 0 Å². The molecule has 0 aromatic heterocycles. The fourth-order valence-corrected chi connectivity index (χ4v) is 3.88. The van der Waals surface area contributed by atoms with E-state index in [0.29, 0.717) is 28.1 Å². The maximum atomic E-state index is 12.8. The van der Waals surface area contributed by atoms with Crippen LogP contribution < -0.4 is 11.1 Å². The predicted molar refractivity (Wildman–Crippen MR) is 103 cm³/mol. The van der Waals surface area contributed by atoms with Crippen molar-refractivity contribution in [3.05, 3.63) is 59.2 Å². The highest BCUT2D eigenvalue weighted by atomic mass is 16.2. The fraction of sp³-hybridized carbons (Fsp3) is 0.286. The Hall–Kier alpha value is -3.15. The Morgan fingerprint density at radius 3 is 2.41 bits per heavy atom. The number of imide groups is 1. The summed E-state index contributed by atoms with van der Waals surface area (Å²) < 4.78 is 0. The van der Waals surface area contributed by atoms with Crippen LogP contribution in [-0.4, -0.2) is 28.7 Å². The van der Waals surface area contributed by atoms with Crippen LogP contribution in [0.3, 0.4) is 0 Å². The van der Waals surface area contributed by atoms with Gasteiger partial charge in [-0.3, -0.25) is 19.3 Å². The molecule has 0 unspecified atom stereocenters. The number of nitrogens with two attached hydrogens (primary N) is 1.